The molecule has 1 unspecified atom stereocenters. The topological polar surface area (TPSA) is 78.8 Å². The van der Waals surface area contributed by atoms with Gasteiger partial charge in [-0.3, -0.25) is 9.59 Å². The normalized spacial score (nSPS) is 13.2. The molecule has 0 heterocycles. The highest BCUT2D eigenvalue weighted by Crippen LogP contribution is 2.26. The highest BCUT2D eigenvalue weighted by molar-refractivity contribution is 6.67. The van der Waals surface area contributed by atoms with Crippen LogP contribution in [0.1, 0.15) is 18.7 Å². The Kier molecular flexibility index (Phi) is 5.24. The second-order valence-electron chi connectivity index (χ2n) is 3.82. The molecule has 0 aromatic heterocycles. The molecule has 0 aliphatic carbocycles. The second-order valence-corrected chi connectivity index (χ2v) is 3.82. The number of halogens is 3. The van der Waals surface area contributed by atoms with E-state index in [4.69, 9.17) is 5.21 Å². The number of ketones is 1. The van der Waals surface area contributed by atoms with Crippen LogP contribution in [0.25, 0.3) is 0 Å². The van der Waals surface area contributed by atoms with E-state index < -0.39 is 30.0 Å². The maximum absolute atomic E-state index is 13.1. The molecule has 20 heavy (non-hydrogen) atoms. The number of nitrogens with zero attached hydrogens (tertiary/aromatic N) is 1. The number of hydrogen-bond donors (Lipinski definition) is 2. The third kappa shape index (κ3) is 3.81. The number of hydrogen-bond acceptors (Lipinski definition) is 4. The third-order valence-corrected chi connectivity index (χ3v) is 2.33. The van der Waals surface area contributed by atoms with Gasteiger partial charge in [0.15, 0.2) is 12.0 Å². The van der Waals surface area contributed by atoms with Gasteiger partial charge in [-0.15, -0.1) is 0 Å². The van der Waals surface area contributed by atoms with E-state index in [-0.39, 0.29) is 11.3 Å². The summed E-state index contributed by atoms with van der Waals surface area (Å²) >= 11 is 0. The average molecular weight is 288 g/mol. The summed E-state index contributed by atoms with van der Waals surface area (Å²) in [6.07, 6.45) is -5.67. The van der Waals surface area contributed by atoms with Gasteiger partial charge in [0.2, 0.25) is 5.71 Å². The summed E-state index contributed by atoms with van der Waals surface area (Å²) in [7, 11) is 0. The van der Waals surface area contributed by atoms with Gasteiger partial charge in [0.25, 0.3) is 12.3 Å². The first-order chi connectivity index (χ1) is 9.36. The predicted molar refractivity (Wildman–Crippen MR) is 64.8 cm³/mol. The van der Waals surface area contributed by atoms with Crippen LogP contribution in [0.5, 0.6) is 0 Å². The molecule has 1 rings (SSSR count). The molecule has 5 nitrogen and oxygen atoms in total. The lowest BCUT2D eigenvalue weighted by atomic mass is 10.1. The Hall–Kier alpha value is -2.38. The van der Waals surface area contributed by atoms with Gasteiger partial charge in [-0.25, -0.2) is 13.2 Å². The SMILES string of the molecule is CC(=O)/C(=N\O)C(=O)Nc1cccc(C(F)C(F)F)c1. The molecule has 1 aromatic carbocycles. The van der Waals surface area contributed by atoms with Gasteiger partial charge in [-0.05, 0) is 17.7 Å². The number of alkyl halides is 3. The van der Waals surface area contributed by atoms with E-state index in [1.165, 1.54) is 12.1 Å². The Bertz CT molecular complexity index is 547. The molecule has 0 saturated heterocycles. The van der Waals surface area contributed by atoms with Crippen LogP contribution in [0, 0.1) is 0 Å². The highest BCUT2D eigenvalue weighted by atomic mass is 19.3. The number of nitrogens with one attached hydrogen (secondary N) is 1. The van der Waals surface area contributed by atoms with E-state index in [0.29, 0.717) is 0 Å². The fourth-order valence-electron chi connectivity index (χ4n) is 1.40. The summed E-state index contributed by atoms with van der Waals surface area (Å²) in [5.74, 6) is -1.80. The molecule has 0 spiro atoms. The molecule has 1 amide bonds. The smallest absolute Gasteiger partial charge is 0.281 e. The lowest BCUT2D eigenvalue weighted by molar-refractivity contribution is -0.114. The first-order valence-corrected chi connectivity index (χ1v) is 5.43. The van der Waals surface area contributed by atoms with Crippen molar-refractivity contribution in [2.75, 3.05) is 5.32 Å². The number of Topliss-reactive ketones (excluding diaryl/α,β-unsaturated/α-hetero) is 1. The van der Waals surface area contributed by atoms with Crippen molar-refractivity contribution in [1.29, 1.82) is 0 Å². The number of rotatable bonds is 5. The van der Waals surface area contributed by atoms with Crippen molar-refractivity contribution in [3.63, 3.8) is 0 Å². The molecule has 0 radical (unpaired) electrons. The summed E-state index contributed by atoms with van der Waals surface area (Å²) in [5.41, 5.74) is -1.07. The number of amides is 1. The van der Waals surface area contributed by atoms with Crippen LogP contribution in [0.15, 0.2) is 29.4 Å². The molecular formula is C12H11F3N2O3. The van der Waals surface area contributed by atoms with Gasteiger partial charge in [-0.2, -0.15) is 0 Å². The molecular weight excluding hydrogens is 277 g/mol. The van der Waals surface area contributed by atoms with E-state index in [1.807, 2.05) is 0 Å². The van der Waals surface area contributed by atoms with Crippen molar-refractivity contribution in [3.05, 3.63) is 29.8 Å². The summed E-state index contributed by atoms with van der Waals surface area (Å²) in [4.78, 5) is 22.5. The fraction of sp³-hybridized carbons (Fsp3) is 0.250. The maximum atomic E-state index is 13.1. The zero-order valence-corrected chi connectivity index (χ0v) is 10.3. The largest absolute Gasteiger partial charge is 0.410 e. The molecule has 0 bridgehead atoms. The molecule has 0 aliphatic heterocycles. The van der Waals surface area contributed by atoms with Gasteiger partial charge in [-0.1, -0.05) is 17.3 Å². The van der Waals surface area contributed by atoms with Crippen LogP contribution in [0.4, 0.5) is 18.9 Å². The van der Waals surface area contributed by atoms with Crippen LogP contribution in [-0.4, -0.2) is 29.0 Å². The first kappa shape index (κ1) is 15.7. The Morgan fingerprint density at radius 2 is 1.95 bits per heavy atom. The summed E-state index contributed by atoms with van der Waals surface area (Å²) in [6, 6.07) is 4.72. The lowest BCUT2D eigenvalue weighted by Gasteiger charge is -2.10. The minimum Gasteiger partial charge on any atom is -0.410 e. The van der Waals surface area contributed by atoms with Crippen LogP contribution in [-0.2, 0) is 9.59 Å². The second kappa shape index (κ2) is 6.69. The zero-order valence-electron chi connectivity index (χ0n) is 10.3. The van der Waals surface area contributed by atoms with Gasteiger partial charge in [0, 0.05) is 12.6 Å². The van der Waals surface area contributed by atoms with E-state index in [1.54, 1.807) is 0 Å². The van der Waals surface area contributed by atoms with Gasteiger partial charge in [0.05, 0.1) is 0 Å². The number of carbonyl (C=O) groups excluding carboxylic acids is 2. The number of anilines is 1. The van der Waals surface area contributed by atoms with E-state index >= 15 is 0 Å². The highest BCUT2D eigenvalue weighted by Gasteiger charge is 2.22. The molecule has 8 heteroatoms. The summed E-state index contributed by atoms with van der Waals surface area (Å²) in [6.45, 7) is 1.01. The molecule has 0 aliphatic rings. The van der Waals surface area contributed by atoms with Gasteiger partial charge >= 0.3 is 0 Å². The molecule has 1 aromatic rings. The molecule has 0 saturated carbocycles. The monoisotopic (exact) mass is 288 g/mol. The van der Waals surface area contributed by atoms with Crippen molar-refractivity contribution < 1.29 is 28.0 Å². The van der Waals surface area contributed by atoms with Crippen LogP contribution < -0.4 is 5.32 Å². The van der Waals surface area contributed by atoms with Crippen molar-refractivity contribution in [3.8, 4) is 0 Å². The minimum absolute atomic E-state index is 0.00167. The Balaban J connectivity index is 2.92. The first-order valence-electron chi connectivity index (χ1n) is 5.43. The van der Waals surface area contributed by atoms with Crippen molar-refractivity contribution in [2.45, 2.75) is 19.5 Å². The van der Waals surface area contributed by atoms with Crippen LogP contribution in [0.3, 0.4) is 0 Å². The number of oxime groups is 1. The Labute approximate surface area is 112 Å². The Morgan fingerprint density at radius 3 is 2.45 bits per heavy atom. The minimum atomic E-state index is -3.19. The van der Waals surface area contributed by atoms with Crippen LogP contribution in [0.2, 0.25) is 0 Å². The van der Waals surface area contributed by atoms with Crippen molar-refractivity contribution >= 4 is 23.1 Å². The Morgan fingerprint density at radius 1 is 1.30 bits per heavy atom. The van der Waals surface area contributed by atoms with Gasteiger partial charge < -0.3 is 10.5 Å². The molecule has 2 N–H and O–H groups in total. The average Bonchev–Trinajstić information content (AvgIpc) is 2.38. The van der Waals surface area contributed by atoms with Crippen LogP contribution >= 0.6 is 0 Å². The maximum Gasteiger partial charge on any atom is 0.281 e. The number of benzene rings is 1. The lowest BCUT2D eigenvalue weighted by Crippen LogP contribution is -2.28. The molecule has 1 atom stereocenters. The van der Waals surface area contributed by atoms with E-state index in [9.17, 15) is 22.8 Å². The predicted octanol–water partition coefficient (Wildman–Crippen LogP) is 2.32. The molecule has 0 fully saturated rings. The quantitative estimate of drug-likeness (QED) is 0.378. The van der Waals surface area contributed by atoms with Crippen molar-refractivity contribution in [1.82, 2.24) is 0 Å². The number of carbonyl (C=O) groups is 2. The van der Waals surface area contributed by atoms with E-state index in [0.717, 1.165) is 19.1 Å². The molecule has 108 valence electrons. The standard InChI is InChI=1S/C12H11F3N2O3/c1-6(18)10(17-20)12(19)16-8-4-2-3-7(5-8)9(13)11(14)15/h2-5,9,11,20H,1H3,(H,16,19)/b17-10+. The zero-order chi connectivity index (χ0) is 15.3. The third-order valence-electron chi connectivity index (χ3n) is 2.33. The fourth-order valence-corrected chi connectivity index (χ4v) is 1.40. The summed E-state index contributed by atoms with van der Waals surface area (Å²) < 4.78 is 37.6. The van der Waals surface area contributed by atoms with Crippen molar-refractivity contribution in [2.24, 2.45) is 5.16 Å². The van der Waals surface area contributed by atoms with Gasteiger partial charge in [0.1, 0.15) is 0 Å². The summed E-state index contributed by atoms with van der Waals surface area (Å²) in [5, 5.41) is 13.2. The van der Waals surface area contributed by atoms with E-state index in [2.05, 4.69) is 10.5 Å².